The summed E-state index contributed by atoms with van der Waals surface area (Å²) in [6, 6.07) is 1.35. The number of rotatable bonds is 2. The maximum absolute atomic E-state index is 12.3. The monoisotopic (exact) mass is 201 g/mol. The molecule has 0 N–H and O–H groups in total. The van der Waals surface area contributed by atoms with Crippen LogP contribution in [0.15, 0.2) is 18.5 Å². The summed E-state index contributed by atoms with van der Waals surface area (Å²) in [6.07, 6.45) is -0.435. The Morgan fingerprint density at radius 2 is 2.00 bits per heavy atom. The van der Waals surface area contributed by atoms with Crippen molar-refractivity contribution >= 4 is 0 Å². The molecule has 0 radical (unpaired) electrons. The Labute approximate surface area is 79.7 Å². The molecule has 1 aromatic rings. The van der Waals surface area contributed by atoms with E-state index in [1.807, 2.05) is 0 Å². The van der Waals surface area contributed by atoms with Crippen LogP contribution in [0, 0.1) is 0 Å². The summed E-state index contributed by atoms with van der Waals surface area (Å²) in [5, 5.41) is 0. The van der Waals surface area contributed by atoms with Crippen LogP contribution in [0.1, 0.15) is 23.8 Å². The molecule has 14 heavy (non-hydrogen) atoms. The van der Waals surface area contributed by atoms with E-state index in [1.165, 1.54) is 12.3 Å². The van der Waals surface area contributed by atoms with Gasteiger partial charge in [-0.15, -0.1) is 0 Å². The van der Waals surface area contributed by atoms with Crippen LogP contribution in [0.25, 0.3) is 0 Å². The summed E-state index contributed by atoms with van der Waals surface area (Å²) < 4.78 is 35.0. The maximum atomic E-state index is 12.3. The molecule has 1 fully saturated rings. The van der Waals surface area contributed by atoms with Crippen LogP contribution in [0.2, 0.25) is 0 Å². The van der Waals surface area contributed by atoms with Crippen LogP contribution < -0.4 is 0 Å². The van der Waals surface area contributed by atoms with E-state index in [0.29, 0.717) is 18.8 Å². The van der Waals surface area contributed by atoms with Crippen LogP contribution in [0.4, 0.5) is 8.78 Å². The third-order valence-electron chi connectivity index (χ3n) is 1.93. The fourth-order valence-electron chi connectivity index (χ4n) is 1.28. The van der Waals surface area contributed by atoms with E-state index in [-0.39, 0.29) is 5.56 Å². The van der Waals surface area contributed by atoms with Crippen molar-refractivity contribution in [3.8, 4) is 0 Å². The van der Waals surface area contributed by atoms with E-state index >= 15 is 0 Å². The lowest BCUT2D eigenvalue weighted by molar-refractivity contribution is -0.0445. The third-order valence-corrected chi connectivity index (χ3v) is 1.93. The van der Waals surface area contributed by atoms with Gasteiger partial charge in [-0.1, -0.05) is 0 Å². The van der Waals surface area contributed by atoms with Crippen molar-refractivity contribution in [2.24, 2.45) is 0 Å². The van der Waals surface area contributed by atoms with Gasteiger partial charge in [0, 0.05) is 23.5 Å². The van der Waals surface area contributed by atoms with Gasteiger partial charge in [0.25, 0.3) is 6.43 Å². The molecule has 0 aromatic carbocycles. The van der Waals surface area contributed by atoms with E-state index in [0.717, 1.165) is 6.20 Å². The van der Waals surface area contributed by atoms with Crippen molar-refractivity contribution in [3.05, 3.63) is 29.6 Å². The standard InChI is InChI=1S/C9H9F2NO2/c10-8(11)6-3-7(5-12-4-6)9-13-1-2-14-9/h3-5,8-9H,1-2H2. The molecule has 0 saturated carbocycles. The third kappa shape index (κ3) is 1.88. The highest BCUT2D eigenvalue weighted by Gasteiger charge is 2.20. The average molecular weight is 201 g/mol. The molecule has 0 unspecified atom stereocenters. The van der Waals surface area contributed by atoms with Gasteiger partial charge in [-0.2, -0.15) is 0 Å². The van der Waals surface area contributed by atoms with E-state index in [1.54, 1.807) is 0 Å². The van der Waals surface area contributed by atoms with Crippen molar-refractivity contribution < 1.29 is 18.3 Å². The van der Waals surface area contributed by atoms with Crippen molar-refractivity contribution in [2.75, 3.05) is 13.2 Å². The fourth-order valence-corrected chi connectivity index (χ4v) is 1.28. The first kappa shape index (κ1) is 9.48. The van der Waals surface area contributed by atoms with Crippen molar-refractivity contribution in [3.63, 3.8) is 0 Å². The number of aromatic nitrogens is 1. The molecule has 76 valence electrons. The number of alkyl halides is 2. The van der Waals surface area contributed by atoms with Gasteiger partial charge < -0.3 is 9.47 Å². The normalized spacial score (nSPS) is 17.9. The van der Waals surface area contributed by atoms with E-state index in [9.17, 15) is 8.78 Å². The minimum atomic E-state index is -2.51. The molecule has 0 bridgehead atoms. The predicted octanol–water partition coefficient (Wildman–Crippen LogP) is 2.06. The summed E-state index contributed by atoms with van der Waals surface area (Å²) in [7, 11) is 0. The Balaban J connectivity index is 2.21. The van der Waals surface area contributed by atoms with Gasteiger partial charge >= 0.3 is 0 Å². The lowest BCUT2D eigenvalue weighted by Crippen LogP contribution is -2.00. The molecule has 1 saturated heterocycles. The maximum Gasteiger partial charge on any atom is 0.265 e. The Kier molecular flexibility index (Phi) is 2.69. The molecule has 1 aliphatic rings. The van der Waals surface area contributed by atoms with Crippen molar-refractivity contribution in [1.82, 2.24) is 4.98 Å². The van der Waals surface area contributed by atoms with Gasteiger partial charge in [0.2, 0.25) is 0 Å². The molecule has 2 rings (SSSR count). The SMILES string of the molecule is FC(F)c1cncc(C2OCCO2)c1. The smallest absolute Gasteiger partial charge is 0.265 e. The highest BCUT2D eigenvalue weighted by molar-refractivity contribution is 5.20. The van der Waals surface area contributed by atoms with Gasteiger partial charge in [-0.05, 0) is 6.07 Å². The molecule has 0 aliphatic carbocycles. The van der Waals surface area contributed by atoms with Gasteiger partial charge in [0.15, 0.2) is 6.29 Å². The van der Waals surface area contributed by atoms with Crippen molar-refractivity contribution in [2.45, 2.75) is 12.7 Å². The van der Waals surface area contributed by atoms with Crippen LogP contribution in [0.5, 0.6) is 0 Å². The van der Waals surface area contributed by atoms with E-state index in [4.69, 9.17) is 9.47 Å². The lowest BCUT2D eigenvalue weighted by Gasteiger charge is -2.09. The topological polar surface area (TPSA) is 31.4 Å². The van der Waals surface area contributed by atoms with Crippen LogP contribution in [-0.2, 0) is 9.47 Å². The molecular formula is C9H9F2NO2. The lowest BCUT2D eigenvalue weighted by atomic mass is 10.2. The number of ether oxygens (including phenoxy) is 2. The number of hydrogen-bond donors (Lipinski definition) is 0. The molecule has 5 heteroatoms. The first-order valence-electron chi connectivity index (χ1n) is 4.23. The molecule has 0 atom stereocenters. The zero-order valence-electron chi connectivity index (χ0n) is 7.32. The summed E-state index contributed by atoms with van der Waals surface area (Å²) in [5.41, 5.74) is 0.432. The first-order valence-corrected chi connectivity index (χ1v) is 4.23. The first-order chi connectivity index (χ1) is 6.77. The zero-order chi connectivity index (χ0) is 9.97. The highest BCUT2D eigenvalue weighted by Crippen LogP contribution is 2.26. The number of halogens is 2. The quantitative estimate of drug-likeness (QED) is 0.733. The minimum Gasteiger partial charge on any atom is -0.346 e. The van der Waals surface area contributed by atoms with Gasteiger partial charge in [-0.3, -0.25) is 4.98 Å². The second kappa shape index (κ2) is 3.98. The van der Waals surface area contributed by atoms with E-state index in [2.05, 4.69) is 4.98 Å². The molecule has 1 aromatic heterocycles. The molecule has 0 spiro atoms. The van der Waals surface area contributed by atoms with Gasteiger partial charge in [-0.25, -0.2) is 8.78 Å². The number of hydrogen-bond acceptors (Lipinski definition) is 3. The molecule has 0 amide bonds. The Morgan fingerprint density at radius 3 is 2.64 bits per heavy atom. The summed E-state index contributed by atoms with van der Waals surface area (Å²) in [5.74, 6) is 0. The van der Waals surface area contributed by atoms with Crippen molar-refractivity contribution in [1.29, 1.82) is 0 Å². The summed E-state index contributed by atoms with van der Waals surface area (Å²) >= 11 is 0. The largest absolute Gasteiger partial charge is 0.346 e. The molecule has 1 aliphatic heterocycles. The van der Waals surface area contributed by atoms with Crippen LogP contribution >= 0.6 is 0 Å². The highest BCUT2D eigenvalue weighted by atomic mass is 19.3. The molecule has 2 heterocycles. The molecular weight excluding hydrogens is 192 g/mol. The van der Waals surface area contributed by atoms with E-state index < -0.39 is 12.7 Å². The average Bonchev–Trinajstić information content (AvgIpc) is 2.71. The van der Waals surface area contributed by atoms with Gasteiger partial charge in [0.05, 0.1) is 13.2 Å². The number of nitrogens with zero attached hydrogens (tertiary/aromatic N) is 1. The van der Waals surface area contributed by atoms with Crippen LogP contribution in [0.3, 0.4) is 0 Å². The Bertz CT molecular complexity index is 313. The summed E-state index contributed by atoms with van der Waals surface area (Å²) in [4.78, 5) is 3.71. The summed E-state index contributed by atoms with van der Waals surface area (Å²) in [6.45, 7) is 0.979. The molecule has 3 nitrogen and oxygen atoms in total. The number of pyridine rings is 1. The Morgan fingerprint density at radius 1 is 1.29 bits per heavy atom. The zero-order valence-corrected chi connectivity index (χ0v) is 7.32. The van der Waals surface area contributed by atoms with Crippen LogP contribution in [-0.4, -0.2) is 18.2 Å². The minimum absolute atomic E-state index is 0.110. The fraction of sp³-hybridized carbons (Fsp3) is 0.444. The second-order valence-electron chi connectivity index (χ2n) is 2.93. The predicted molar refractivity (Wildman–Crippen MR) is 43.8 cm³/mol. The van der Waals surface area contributed by atoms with Gasteiger partial charge in [0.1, 0.15) is 0 Å². The Hall–Kier alpha value is -1.07. The second-order valence-corrected chi connectivity index (χ2v) is 2.93.